The normalized spacial score (nSPS) is 12.6. The standard InChI is InChI=1S/C45H29NO2/c1-25(2)27-20-28(26-10-4-3-5-11-26)22-29(21-27)30-23-37-33-16-18-35-31-12-6-8-14-39(31)47-44(35)42(33)46-41(37)38(24-30)34-17-19-36-32-13-7-9-15-40(32)48-45(36)43(34)46/h3-25H,1-2H3. The number of nitrogens with zero attached hydrogens (tertiary/aromatic N) is 1. The predicted molar refractivity (Wildman–Crippen MR) is 201 cm³/mol. The first-order valence-corrected chi connectivity index (χ1v) is 16.7. The topological polar surface area (TPSA) is 30.7 Å². The molecule has 0 aliphatic heterocycles. The van der Waals surface area contributed by atoms with Crippen LogP contribution in [0.5, 0.6) is 0 Å². The molecule has 0 aliphatic carbocycles. The molecule has 0 radical (unpaired) electrons. The van der Waals surface area contributed by atoms with Crippen molar-refractivity contribution in [2.75, 3.05) is 0 Å². The van der Waals surface area contributed by atoms with Crippen molar-refractivity contribution in [3.63, 3.8) is 0 Å². The number of aromatic nitrogens is 1. The molecule has 48 heavy (non-hydrogen) atoms. The van der Waals surface area contributed by atoms with Crippen LogP contribution in [-0.4, -0.2) is 4.40 Å². The van der Waals surface area contributed by atoms with Gasteiger partial charge in [0.05, 0.1) is 16.6 Å². The first-order chi connectivity index (χ1) is 23.6. The Labute approximate surface area is 275 Å². The molecule has 0 saturated heterocycles. The van der Waals surface area contributed by atoms with E-state index < -0.39 is 0 Å². The Morgan fingerprint density at radius 3 is 1.44 bits per heavy atom. The van der Waals surface area contributed by atoms with Crippen LogP contribution in [0.3, 0.4) is 0 Å². The second-order valence-corrected chi connectivity index (χ2v) is 13.5. The number of fused-ring (bicyclic) bond motifs is 14. The Morgan fingerprint density at radius 1 is 0.396 bits per heavy atom. The zero-order chi connectivity index (χ0) is 31.7. The molecule has 0 N–H and O–H groups in total. The van der Waals surface area contributed by atoms with Gasteiger partial charge in [-0.15, -0.1) is 0 Å². The van der Waals surface area contributed by atoms with Crippen LogP contribution in [0.15, 0.2) is 142 Å². The van der Waals surface area contributed by atoms with Crippen LogP contribution in [0.2, 0.25) is 0 Å². The van der Waals surface area contributed by atoms with Crippen molar-refractivity contribution in [2.24, 2.45) is 0 Å². The van der Waals surface area contributed by atoms with Crippen LogP contribution in [-0.2, 0) is 0 Å². The lowest BCUT2D eigenvalue weighted by atomic mass is 9.91. The lowest BCUT2D eigenvalue weighted by molar-refractivity contribution is 0.670. The fraction of sp³-hybridized carbons (Fsp3) is 0.0667. The Morgan fingerprint density at radius 2 is 0.875 bits per heavy atom. The first-order valence-electron chi connectivity index (χ1n) is 16.7. The molecule has 0 saturated carbocycles. The highest BCUT2D eigenvalue weighted by Crippen LogP contribution is 2.48. The van der Waals surface area contributed by atoms with Crippen molar-refractivity contribution in [3.05, 3.63) is 139 Å². The van der Waals surface area contributed by atoms with E-state index in [1.54, 1.807) is 0 Å². The molecule has 0 atom stereocenters. The molecule has 7 aromatic carbocycles. The molecule has 3 nitrogen and oxygen atoms in total. The first kappa shape index (κ1) is 26.1. The van der Waals surface area contributed by atoms with Gasteiger partial charge < -0.3 is 13.2 Å². The molecule has 4 aromatic heterocycles. The monoisotopic (exact) mass is 615 g/mol. The van der Waals surface area contributed by atoms with Crippen LogP contribution in [0, 0.1) is 0 Å². The zero-order valence-electron chi connectivity index (χ0n) is 26.5. The number of para-hydroxylation sites is 2. The highest BCUT2D eigenvalue weighted by Gasteiger charge is 2.25. The van der Waals surface area contributed by atoms with E-state index in [9.17, 15) is 0 Å². The maximum Gasteiger partial charge on any atom is 0.160 e. The maximum absolute atomic E-state index is 6.72. The minimum atomic E-state index is 0.400. The number of furan rings is 2. The maximum atomic E-state index is 6.72. The van der Waals surface area contributed by atoms with Gasteiger partial charge in [-0.25, -0.2) is 0 Å². The average Bonchev–Trinajstić information content (AvgIpc) is 3.88. The molecule has 0 fully saturated rings. The van der Waals surface area contributed by atoms with Crippen LogP contribution >= 0.6 is 0 Å². The van der Waals surface area contributed by atoms with Crippen molar-refractivity contribution in [1.82, 2.24) is 4.40 Å². The Hall–Kier alpha value is -6.06. The largest absolute Gasteiger partial charge is 0.454 e. The van der Waals surface area contributed by atoms with Crippen molar-refractivity contribution in [3.8, 4) is 22.3 Å². The molecule has 0 aliphatic rings. The van der Waals surface area contributed by atoms with Crippen molar-refractivity contribution in [2.45, 2.75) is 19.8 Å². The van der Waals surface area contributed by atoms with E-state index >= 15 is 0 Å². The summed E-state index contributed by atoms with van der Waals surface area (Å²) in [7, 11) is 0. The molecule has 11 aromatic rings. The highest BCUT2D eigenvalue weighted by atomic mass is 16.3. The average molecular weight is 616 g/mol. The van der Waals surface area contributed by atoms with E-state index in [1.165, 1.54) is 54.9 Å². The fourth-order valence-corrected chi connectivity index (χ4v) is 8.17. The Kier molecular flexibility index (Phi) is 5.03. The number of benzene rings is 7. The number of hydrogen-bond donors (Lipinski definition) is 0. The van der Waals surface area contributed by atoms with Gasteiger partial charge >= 0.3 is 0 Å². The molecular weight excluding hydrogens is 587 g/mol. The fourth-order valence-electron chi connectivity index (χ4n) is 8.17. The molecule has 0 unspecified atom stereocenters. The van der Waals surface area contributed by atoms with E-state index in [-0.39, 0.29) is 0 Å². The third-order valence-electron chi connectivity index (χ3n) is 10.5. The van der Waals surface area contributed by atoms with Gasteiger partial charge in [-0.2, -0.15) is 0 Å². The summed E-state index contributed by atoms with van der Waals surface area (Å²) in [4.78, 5) is 0. The van der Waals surface area contributed by atoms with Crippen LogP contribution in [0.4, 0.5) is 0 Å². The second kappa shape index (κ2) is 9.27. The molecular formula is C45H29NO2. The summed E-state index contributed by atoms with van der Waals surface area (Å²) < 4.78 is 15.9. The third kappa shape index (κ3) is 3.38. The van der Waals surface area contributed by atoms with Crippen molar-refractivity contribution < 1.29 is 8.83 Å². The molecule has 226 valence electrons. The third-order valence-corrected chi connectivity index (χ3v) is 10.5. The second-order valence-electron chi connectivity index (χ2n) is 13.5. The van der Waals surface area contributed by atoms with Gasteiger partial charge in [-0.3, -0.25) is 0 Å². The van der Waals surface area contributed by atoms with Gasteiger partial charge in [0, 0.05) is 43.1 Å². The summed E-state index contributed by atoms with van der Waals surface area (Å²) in [6.45, 7) is 4.55. The smallest absolute Gasteiger partial charge is 0.160 e. The molecule has 3 heteroatoms. The summed E-state index contributed by atoms with van der Waals surface area (Å²) in [5.41, 5.74) is 13.2. The lowest BCUT2D eigenvalue weighted by Crippen LogP contribution is -1.91. The van der Waals surface area contributed by atoms with E-state index in [4.69, 9.17) is 8.83 Å². The van der Waals surface area contributed by atoms with E-state index in [2.05, 4.69) is 140 Å². The van der Waals surface area contributed by atoms with Gasteiger partial charge in [0.2, 0.25) is 0 Å². The number of hydrogen-bond acceptors (Lipinski definition) is 2. The molecule has 0 bridgehead atoms. The molecule has 11 rings (SSSR count). The zero-order valence-corrected chi connectivity index (χ0v) is 26.5. The summed E-state index contributed by atoms with van der Waals surface area (Å²) in [5.74, 6) is 0.400. The van der Waals surface area contributed by atoms with Crippen LogP contribution in [0.25, 0.3) is 104 Å². The van der Waals surface area contributed by atoms with Gasteiger partial charge in [-0.05, 0) is 76.2 Å². The van der Waals surface area contributed by atoms with Gasteiger partial charge in [0.1, 0.15) is 11.2 Å². The quantitative estimate of drug-likeness (QED) is 0.198. The lowest BCUT2D eigenvalue weighted by Gasteiger charge is -2.13. The minimum absolute atomic E-state index is 0.400. The van der Waals surface area contributed by atoms with E-state index in [0.29, 0.717) is 5.92 Å². The Balaban J connectivity index is 1.33. The summed E-state index contributed by atoms with van der Waals surface area (Å²) >= 11 is 0. The van der Waals surface area contributed by atoms with Crippen LogP contribution in [0.1, 0.15) is 25.3 Å². The van der Waals surface area contributed by atoms with E-state index in [1.807, 2.05) is 12.1 Å². The summed E-state index contributed by atoms with van der Waals surface area (Å²) in [6, 6.07) is 48.3. The molecule has 4 heterocycles. The number of rotatable bonds is 3. The Bertz CT molecular complexity index is 2920. The van der Waals surface area contributed by atoms with Gasteiger partial charge in [-0.1, -0.05) is 105 Å². The summed E-state index contributed by atoms with van der Waals surface area (Å²) in [6.07, 6.45) is 0. The predicted octanol–water partition coefficient (Wildman–Crippen LogP) is 13.1. The van der Waals surface area contributed by atoms with E-state index in [0.717, 1.165) is 54.9 Å². The molecule has 0 spiro atoms. The van der Waals surface area contributed by atoms with Gasteiger partial charge in [0.15, 0.2) is 11.2 Å². The SMILES string of the molecule is CC(C)c1cc(-c2ccccc2)cc(-c2cc3c4ccc5c6ccccc6oc5c4n4c3c(c2)c2ccc3c5ccccc5oc3c24)c1. The highest BCUT2D eigenvalue weighted by molar-refractivity contribution is 6.32. The van der Waals surface area contributed by atoms with Crippen molar-refractivity contribution >= 4 is 82.0 Å². The summed E-state index contributed by atoms with van der Waals surface area (Å²) in [5, 5.41) is 9.32. The van der Waals surface area contributed by atoms with Gasteiger partial charge in [0.25, 0.3) is 0 Å². The molecule has 0 amide bonds. The van der Waals surface area contributed by atoms with Crippen molar-refractivity contribution in [1.29, 1.82) is 0 Å². The van der Waals surface area contributed by atoms with Crippen LogP contribution < -0.4 is 0 Å². The minimum Gasteiger partial charge on any atom is -0.454 e.